The van der Waals surface area contributed by atoms with Crippen LogP contribution in [0, 0.1) is 0 Å². The van der Waals surface area contributed by atoms with Crippen molar-refractivity contribution in [3.63, 3.8) is 0 Å². The first-order chi connectivity index (χ1) is 8.35. The molecule has 2 heteroatoms. The Morgan fingerprint density at radius 2 is 2.12 bits per heavy atom. The molecule has 0 aliphatic heterocycles. The normalized spacial score (nSPS) is 14.5. The average Bonchev–Trinajstić information content (AvgIpc) is 2.80. The van der Waals surface area contributed by atoms with E-state index in [2.05, 4.69) is 35.5 Å². The average molecular weight is 225 g/mol. The van der Waals surface area contributed by atoms with Crippen molar-refractivity contribution in [2.45, 2.75) is 26.2 Å². The number of benzene rings is 2. The van der Waals surface area contributed by atoms with E-state index in [0.29, 0.717) is 0 Å². The minimum absolute atomic E-state index is 0.761. The van der Waals surface area contributed by atoms with Gasteiger partial charge in [0.15, 0.2) is 0 Å². The van der Waals surface area contributed by atoms with Crippen molar-refractivity contribution in [3.05, 3.63) is 47.0 Å². The van der Waals surface area contributed by atoms with Gasteiger partial charge in [-0.25, -0.2) is 0 Å². The first-order valence-electron chi connectivity index (χ1n) is 6.10. The van der Waals surface area contributed by atoms with Crippen molar-refractivity contribution in [2.75, 3.05) is 0 Å². The Morgan fingerprint density at radius 3 is 2.88 bits per heavy atom. The molecule has 0 heterocycles. The van der Waals surface area contributed by atoms with E-state index in [-0.39, 0.29) is 0 Å². The molecule has 17 heavy (non-hydrogen) atoms. The number of hydrogen-bond acceptors (Lipinski definition) is 2. The second-order valence-corrected chi connectivity index (χ2v) is 4.51. The summed E-state index contributed by atoms with van der Waals surface area (Å²) in [6, 6.07) is 10.7. The summed E-state index contributed by atoms with van der Waals surface area (Å²) < 4.78 is 0. The number of rotatable bonds is 2. The summed E-state index contributed by atoms with van der Waals surface area (Å²) in [6.45, 7) is 2.02. The molecule has 0 saturated carbocycles. The highest BCUT2D eigenvalue weighted by Crippen LogP contribution is 2.33. The van der Waals surface area contributed by atoms with E-state index in [0.717, 1.165) is 30.5 Å². The molecule has 0 aromatic heterocycles. The van der Waals surface area contributed by atoms with Crippen LogP contribution in [-0.2, 0) is 12.8 Å². The lowest BCUT2D eigenvalue weighted by Gasteiger charge is -2.09. The molecule has 0 fully saturated rings. The largest absolute Gasteiger partial charge is 0.411 e. The van der Waals surface area contributed by atoms with E-state index < -0.39 is 0 Å². The van der Waals surface area contributed by atoms with Gasteiger partial charge in [0.25, 0.3) is 0 Å². The Bertz CT molecular complexity index is 614. The van der Waals surface area contributed by atoms with Crippen LogP contribution in [0.1, 0.15) is 30.0 Å². The topological polar surface area (TPSA) is 32.6 Å². The number of oxime groups is 1. The molecule has 0 amide bonds. The minimum Gasteiger partial charge on any atom is -0.411 e. The lowest BCUT2D eigenvalue weighted by Crippen LogP contribution is -2.03. The van der Waals surface area contributed by atoms with Gasteiger partial charge in [0, 0.05) is 5.56 Å². The first-order valence-corrected chi connectivity index (χ1v) is 6.10. The van der Waals surface area contributed by atoms with Gasteiger partial charge >= 0.3 is 0 Å². The van der Waals surface area contributed by atoms with E-state index in [1.807, 2.05) is 6.92 Å². The van der Waals surface area contributed by atoms with Crippen molar-refractivity contribution in [1.29, 1.82) is 0 Å². The Kier molecular flexibility index (Phi) is 2.36. The fraction of sp³-hybridized carbons (Fsp3) is 0.267. The van der Waals surface area contributed by atoms with Gasteiger partial charge in [-0.15, -0.1) is 0 Å². The zero-order valence-corrected chi connectivity index (χ0v) is 9.90. The van der Waals surface area contributed by atoms with Gasteiger partial charge in [-0.3, -0.25) is 0 Å². The third-order valence-electron chi connectivity index (χ3n) is 3.65. The quantitative estimate of drug-likeness (QED) is 0.473. The maximum atomic E-state index is 9.08. The van der Waals surface area contributed by atoms with Gasteiger partial charge in [-0.05, 0) is 41.2 Å². The predicted molar refractivity (Wildman–Crippen MR) is 70.0 cm³/mol. The molecular formula is C15H15NO. The van der Waals surface area contributed by atoms with Crippen LogP contribution in [0.3, 0.4) is 0 Å². The fourth-order valence-corrected chi connectivity index (χ4v) is 2.85. The smallest absolute Gasteiger partial charge is 0.0868 e. The molecule has 2 aromatic rings. The third-order valence-corrected chi connectivity index (χ3v) is 3.65. The summed E-state index contributed by atoms with van der Waals surface area (Å²) in [4.78, 5) is 0. The van der Waals surface area contributed by atoms with E-state index in [9.17, 15) is 0 Å². The third kappa shape index (κ3) is 1.44. The SMILES string of the molecule is CC/C(=N/O)c1ccc2cccc3c2c1CC3. The summed E-state index contributed by atoms with van der Waals surface area (Å²) in [7, 11) is 0. The van der Waals surface area contributed by atoms with Crippen LogP contribution >= 0.6 is 0 Å². The molecular weight excluding hydrogens is 210 g/mol. The summed E-state index contributed by atoms with van der Waals surface area (Å²) in [5.41, 5.74) is 4.69. The van der Waals surface area contributed by atoms with Crippen LogP contribution in [-0.4, -0.2) is 10.9 Å². The van der Waals surface area contributed by atoms with Gasteiger partial charge in [0.1, 0.15) is 0 Å². The minimum atomic E-state index is 0.761. The summed E-state index contributed by atoms with van der Waals surface area (Å²) in [5, 5.41) is 15.2. The van der Waals surface area contributed by atoms with Crippen molar-refractivity contribution < 1.29 is 5.21 Å². The monoisotopic (exact) mass is 225 g/mol. The van der Waals surface area contributed by atoms with Gasteiger partial charge in [0.05, 0.1) is 5.71 Å². The molecule has 86 valence electrons. The van der Waals surface area contributed by atoms with Crippen LogP contribution in [0.5, 0.6) is 0 Å². The molecule has 0 saturated heterocycles. The van der Waals surface area contributed by atoms with Crippen LogP contribution in [0.2, 0.25) is 0 Å². The zero-order valence-electron chi connectivity index (χ0n) is 9.90. The van der Waals surface area contributed by atoms with Gasteiger partial charge in [-0.2, -0.15) is 0 Å². The van der Waals surface area contributed by atoms with Crippen molar-refractivity contribution in [1.82, 2.24) is 0 Å². The summed E-state index contributed by atoms with van der Waals surface area (Å²) >= 11 is 0. The van der Waals surface area contributed by atoms with Crippen LogP contribution in [0.15, 0.2) is 35.5 Å². The predicted octanol–water partition coefficient (Wildman–Crippen LogP) is 3.53. The standard InChI is InChI=1S/C15H15NO/c1-2-14(16-17)12-8-6-10-4-3-5-11-7-9-13(12)15(10)11/h3-6,8,17H,2,7,9H2,1H3/b16-14-. The lowest BCUT2D eigenvalue weighted by molar-refractivity contribution is 0.318. The van der Waals surface area contributed by atoms with Crippen LogP contribution < -0.4 is 0 Å². The summed E-state index contributed by atoms with van der Waals surface area (Å²) in [5.74, 6) is 0. The molecule has 1 aliphatic rings. The van der Waals surface area contributed by atoms with Crippen LogP contribution in [0.4, 0.5) is 0 Å². The van der Waals surface area contributed by atoms with Gasteiger partial charge in [-0.1, -0.05) is 42.4 Å². The maximum Gasteiger partial charge on any atom is 0.0868 e. The summed E-state index contributed by atoms with van der Waals surface area (Å²) in [6.07, 6.45) is 2.92. The fourth-order valence-electron chi connectivity index (χ4n) is 2.85. The molecule has 2 aromatic carbocycles. The Hall–Kier alpha value is -1.83. The molecule has 0 spiro atoms. The number of aryl methyl sites for hydroxylation is 2. The van der Waals surface area contributed by atoms with Gasteiger partial charge < -0.3 is 5.21 Å². The molecule has 0 radical (unpaired) electrons. The Balaban J connectivity index is 2.33. The van der Waals surface area contributed by atoms with E-state index in [1.54, 1.807) is 0 Å². The first kappa shape index (κ1) is 10.3. The molecule has 3 rings (SSSR count). The molecule has 0 atom stereocenters. The molecule has 0 bridgehead atoms. The second kappa shape index (κ2) is 3.88. The number of hydrogen-bond donors (Lipinski definition) is 1. The Labute approximate surface area is 101 Å². The second-order valence-electron chi connectivity index (χ2n) is 4.51. The van der Waals surface area contributed by atoms with Gasteiger partial charge in [0.2, 0.25) is 0 Å². The van der Waals surface area contributed by atoms with E-state index >= 15 is 0 Å². The maximum absolute atomic E-state index is 9.08. The van der Waals surface area contributed by atoms with Crippen molar-refractivity contribution in [3.8, 4) is 0 Å². The van der Waals surface area contributed by atoms with Crippen molar-refractivity contribution in [2.24, 2.45) is 5.16 Å². The lowest BCUT2D eigenvalue weighted by atomic mass is 9.96. The number of nitrogens with zero attached hydrogens (tertiary/aromatic N) is 1. The van der Waals surface area contributed by atoms with Crippen molar-refractivity contribution >= 4 is 16.5 Å². The van der Waals surface area contributed by atoms with E-state index in [4.69, 9.17) is 5.21 Å². The molecule has 1 N–H and O–H groups in total. The zero-order chi connectivity index (χ0) is 11.8. The molecule has 1 aliphatic carbocycles. The highest BCUT2D eigenvalue weighted by molar-refractivity contribution is 6.06. The highest BCUT2D eigenvalue weighted by atomic mass is 16.4. The highest BCUT2D eigenvalue weighted by Gasteiger charge is 2.19. The Morgan fingerprint density at radius 1 is 1.24 bits per heavy atom. The van der Waals surface area contributed by atoms with E-state index in [1.165, 1.54) is 21.9 Å². The molecule has 2 nitrogen and oxygen atoms in total. The molecule has 0 unspecified atom stereocenters. The van der Waals surface area contributed by atoms with Crippen LogP contribution in [0.25, 0.3) is 10.8 Å².